The molecule has 0 aliphatic carbocycles. The highest BCUT2D eigenvalue weighted by atomic mass is 127. The molecule has 1 unspecified atom stereocenters. The van der Waals surface area contributed by atoms with E-state index in [1.165, 1.54) is 9.13 Å². The smallest absolute Gasteiger partial charge is 0.0311 e. The lowest BCUT2D eigenvalue weighted by Crippen LogP contribution is -1.94. The fourth-order valence-electron chi connectivity index (χ4n) is 1.02. The van der Waals surface area contributed by atoms with E-state index in [-0.39, 0.29) is 5.38 Å². The second-order valence-corrected chi connectivity index (χ2v) is 4.94. The van der Waals surface area contributed by atoms with E-state index in [4.69, 9.17) is 11.6 Å². The Balaban J connectivity index is 2.48. The van der Waals surface area contributed by atoms with Crippen LogP contribution < -0.4 is 0 Å². The Kier molecular flexibility index (Phi) is 4.36. The van der Waals surface area contributed by atoms with Crippen LogP contribution in [0.2, 0.25) is 0 Å². The van der Waals surface area contributed by atoms with Gasteiger partial charge in [-0.15, -0.1) is 11.6 Å². The van der Waals surface area contributed by atoms with Crippen molar-refractivity contribution in [3.63, 3.8) is 0 Å². The highest BCUT2D eigenvalue weighted by Crippen LogP contribution is 2.11. The molecule has 0 N–H and O–H groups in total. The fraction of sp³-hybridized carbons (Fsp3) is 0.400. The van der Waals surface area contributed by atoms with E-state index < -0.39 is 0 Å². The van der Waals surface area contributed by atoms with E-state index in [0.29, 0.717) is 0 Å². The van der Waals surface area contributed by atoms with E-state index in [9.17, 15) is 0 Å². The molecule has 1 aromatic rings. The molecule has 12 heavy (non-hydrogen) atoms. The minimum atomic E-state index is 0.282. The summed E-state index contributed by atoms with van der Waals surface area (Å²) in [4.78, 5) is 0. The van der Waals surface area contributed by atoms with Crippen LogP contribution in [0.3, 0.4) is 0 Å². The number of hydrogen-bond acceptors (Lipinski definition) is 0. The summed E-state index contributed by atoms with van der Waals surface area (Å²) in [6.07, 6.45) is 2.14. The molecule has 0 aliphatic heterocycles. The summed E-state index contributed by atoms with van der Waals surface area (Å²) < 4.78 is 1.29. The minimum absolute atomic E-state index is 0.282. The van der Waals surface area contributed by atoms with Gasteiger partial charge in [0.05, 0.1) is 0 Å². The summed E-state index contributed by atoms with van der Waals surface area (Å²) in [5.41, 5.74) is 1.38. The van der Waals surface area contributed by atoms with Gasteiger partial charge in [-0.2, -0.15) is 0 Å². The number of aryl methyl sites for hydroxylation is 1. The Hall–Kier alpha value is 0.240. The van der Waals surface area contributed by atoms with Gasteiger partial charge in [0.25, 0.3) is 0 Å². The Morgan fingerprint density at radius 1 is 1.33 bits per heavy atom. The van der Waals surface area contributed by atoms with Crippen LogP contribution in [0.1, 0.15) is 18.9 Å². The summed E-state index contributed by atoms with van der Waals surface area (Å²) in [6.45, 7) is 2.04. The van der Waals surface area contributed by atoms with Gasteiger partial charge in [-0.25, -0.2) is 0 Å². The first-order valence-corrected chi connectivity index (χ1v) is 5.58. The summed E-state index contributed by atoms with van der Waals surface area (Å²) in [5.74, 6) is 0. The molecule has 0 saturated heterocycles. The van der Waals surface area contributed by atoms with Gasteiger partial charge in [-0.3, -0.25) is 0 Å². The molecular formula is C10H12ClI. The van der Waals surface area contributed by atoms with E-state index in [1.54, 1.807) is 0 Å². The van der Waals surface area contributed by atoms with Crippen LogP contribution in [0.4, 0.5) is 0 Å². The van der Waals surface area contributed by atoms with Crippen molar-refractivity contribution in [1.29, 1.82) is 0 Å². The quantitative estimate of drug-likeness (QED) is 0.587. The zero-order valence-corrected chi connectivity index (χ0v) is 9.97. The molecule has 0 amide bonds. The van der Waals surface area contributed by atoms with Crippen molar-refractivity contribution in [2.75, 3.05) is 0 Å². The predicted molar refractivity (Wildman–Crippen MR) is 62.8 cm³/mol. The summed E-state index contributed by atoms with van der Waals surface area (Å²) in [7, 11) is 0. The topological polar surface area (TPSA) is 0 Å². The van der Waals surface area contributed by atoms with Gasteiger partial charge >= 0.3 is 0 Å². The predicted octanol–water partition coefficient (Wildman–Crippen LogP) is 3.85. The van der Waals surface area contributed by atoms with E-state index in [0.717, 1.165) is 12.8 Å². The normalized spacial score (nSPS) is 12.9. The van der Waals surface area contributed by atoms with Crippen LogP contribution in [-0.4, -0.2) is 5.38 Å². The van der Waals surface area contributed by atoms with Crippen LogP contribution in [0.15, 0.2) is 24.3 Å². The molecule has 2 heteroatoms. The van der Waals surface area contributed by atoms with Gasteiger partial charge in [0.1, 0.15) is 0 Å². The monoisotopic (exact) mass is 294 g/mol. The van der Waals surface area contributed by atoms with Gasteiger partial charge in [-0.1, -0.05) is 12.1 Å². The molecule has 0 bridgehead atoms. The van der Waals surface area contributed by atoms with Crippen molar-refractivity contribution in [2.45, 2.75) is 25.1 Å². The number of alkyl halides is 1. The lowest BCUT2D eigenvalue weighted by atomic mass is 10.1. The number of halogens is 2. The third kappa shape index (κ3) is 3.76. The van der Waals surface area contributed by atoms with Gasteiger partial charge < -0.3 is 0 Å². The van der Waals surface area contributed by atoms with E-state index in [2.05, 4.69) is 46.9 Å². The van der Waals surface area contributed by atoms with Crippen LogP contribution in [0, 0.1) is 3.57 Å². The van der Waals surface area contributed by atoms with Gasteiger partial charge in [0, 0.05) is 8.95 Å². The molecule has 66 valence electrons. The van der Waals surface area contributed by atoms with E-state index >= 15 is 0 Å². The molecule has 1 atom stereocenters. The standard InChI is InChI=1S/C10H12ClI/c1-8(11)2-3-9-4-6-10(12)7-5-9/h4-8H,2-3H2,1H3. The highest BCUT2D eigenvalue weighted by molar-refractivity contribution is 14.1. The van der Waals surface area contributed by atoms with Crippen molar-refractivity contribution >= 4 is 34.2 Å². The average Bonchev–Trinajstić information content (AvgIpc) is 2.03. The first-order valence-electron chi connectivity index (χ1n) is 4.07. The highest BCUT2D eigenvalue weighted by Gasteiger charge is 1.97. The molecule has 0 aromatic heterocycles. The van der Waals surface area contributed by atoms with Crippen molar-refractivity contribution in [3.8, 4) is 0 Å². The third-order valence-corrected chi connectivity index (χ3v) is 2.68. The average molecular weight is 295 g/mol. The Bertz CT molecular complexity index is 228. The van der Waals surface area contributed by atoms with Crippen LogP contribution >= 0.6 is 34.2 Å². The van der Waals surface area contributed by atoms with Crippen molar-refractivity contribution in [3.05, 3.63) is 33.4 Å². The zero-order valence-electron chi connectivity index (χ0n) is 7.06. The first kappa shape index (κ1) is 10.3. The van der Waals surface area contributed by atoms with Gasteiger partial charge in [-0.05, 0) is 60.1 Å². The summed E-state index contributed by atoms with van der Waals surface area (Å²) in [6, 6.07) is 8.60. The van der Waals surface area contributed by atoms with Crippen LogP contribution in [0.25, 0.3) is 0 Å². The largest absolute Gasteiger partial charge is 0.123 e. The lowest BCUT2D eigenvalue weighted by molar-refractivity contribution is 0.803. The fourth-order valence-corrected chi connectivity index (χ4v) is 1.49. The first-order chi connectivity index (χ1) is 5.68. The molecule has 0 saturated carbocycles. The molecule has 0 aliphatic rings. The van der Waals surface area contributed by atoms with Crippen molar-refractivity contribution < 1.29 is 0 Å². The maximum Gasteiger partial charge on any atom is 0.0311 e. The molecule has 1 aromatic carbocycles. The number of hydrogen-bond donors (Lipinski definition) is 0. The summed E-state index contributed by atoms with van der Waals surface area (Å²) in [5, 5.41) is 0.282. The van der Waals surface area contributed by atoms with Gasteiger partial charge in [0.2, 0.25) is 0 Å². The van der Waals surface area contributed by atoms with E-state index in [1.807, 2.05) is 6.92 Å². The van der Waals surface area contributed by atoms with Crippen molar-refractivity contribution in [2.24, 2.45) is 0 Å². The maximum atomic E-state index is 5.86. The Morgan fingerprint density at radius 2 is 1.92 bits per heavy atom. The van der Waals surface area contributed by atoms with Crippen molar-refractivity contribution in [1.82, 2.24) is 0 Å². The SMILES string of the molecule is CC(Cl)CCc1ccc(I)cc1. The van der Waals surface area contributed by atoms with Crippen LogP contribution in [-0.2, 0) is 6.42 Å². The molecule has 0 nitrogen and oxygen atoms in total. The Morgan fingerprint density at radius 3 is 2.42 bits per heavy atom. The second-order valence-electron chi connectivity index (χ2n) is 2.95. The summed E-state index contributed by atoms with van der Waals surface area (Å²) >= 11 is 8.17. The lowest BCUT2D eigenvalue weighted by Gasteiger charge is -2.02. The number of benzene rings is 1. The number of rotatable bonds is 3. The van der Waals surface area contributed by atoms with Gasteiger partial charge in [0.15, 0.2) is 0 Å². The second kappa shape index (κ2) is 5.07. The molecule has 0 spiro atoms. The zero-order chi connectivity index (χ0) is 8.97. The molecular weight excluding hydrogens is 282 g/mol. The molecule has 0 heterocycles. The molecule has 0 radical (unpaired) electrons. The minimum Gasteiger partial charge on any atom is -0.123 e. The molecule has 1 rings (SSSR count). The van der Waals surface area contributed by atoms with Crippen LogP contribution in [0.5, 0.6) is 0 Å². The third-order valence-electron chi connectivity index (χ3n) is 1.74. The maximum absolute atomic E-state index is 5.86. The Labute approximate surface area is 92.5 Å². The molecule has 0 fully saturated rings.